The number of aromatic nitrogens is 1. The first kappa shape index (κ1) is 20.7. The van der Waals surface area contributed by atoms with Crippen LogP contribution in [0.5, 0.6) is 0 Å². The van der Waals surface area contributed by atoms with Crippen LogP contribution in [0.1, 0.15) is 39.7 Å². The molecule has 1 unspecified atom stereocenters. The standard InChI is InChI=1S/C20H29N5O2/c1-14(2)11-18(26)23-19(15(3)4)20(27)25-9-7-24(8-10-25)17-12-16(13-21)5-6-22-17/h5-6,12,14-15,19H,7-11H2,1-4H3,(H,23,26). The zero-order chi connectivity index (χ0) is 20.0. The van der Waals surface area contributed by atoms with Crippen molar-refractivity contribution in [1.29, 1.82) is 5.26 Å². The molecule has 0 radical (unpaired) electrons. The molecule has 2 rings (SSSR count). The van der Waals surface area contributed by atoms with E-state index in [1.807, 2.05) is 32.6 Å². The van der Waals surface area contributed by atoms with Crippen molar-refractivity contribution in [2.24, 2.45) is 11.8 Å². The molecule has 7 nitrogen and oxygen atoms in total. The van der Waals surface area contributed by atoms with Gasteiger partial charge in [-0.2, -0.15) is 5.26 Å². The Bertz CT molecular complexity index is 703. The highest BCUT2D eigenvalue weighted by molar-refractivity contribution is 5.88. The number of carbonyl (C=O) groups excluding carboxylic acids is 2. The molecule has 1 N–H and O–H groups in total. The van der Waals surface area contributed by atoms with Gasteiger partial charge in [0.05, 0.1) is 11.6 Å². The molecule has 0 bridgehead atoms. The third-order valence-corrected chi connectivity index (χ3v) is 4.63. The summed E-state index contributed by atoms with van der Waals surface area (Å²) < 4.78 is 0. The van der Waals surface area contributed by atoms with Crippen LogP contribution in [-0.4, -0.2) is 53.9 Å². The van der Waals surface area contributed by atoms with Gasteiger partial charge in [0, 0.05) is 38.8 Å². The van der Waals surface area contributed by atoms with Gasteiger partial charge >= 0.3 is 0 Å². The molecule has 1 atom stereocenters. The van der Waals surface area contributed by atoms with Crippen LogP contribution in [0.3, 0.4) is 0 Å². The first-order valence-corrected chi connectivity index (χ1v) is 9.51. The second-order valence-electron chi connectivity index (χ2n) is 7.71. The van der Waals surface area contributed by atoms with Gasteiger partial charge in [0.1, 0.15) is 11.9 Å². The molecule has 1 saturated heterocycles. The number of anilines is 1. The third kappa shape index (κ3) is 5.68. The molecule has 0 saturated carbocycles. The Kier molecular flexibility index (Phi) is 7.17. The molecule has 1 aromatic heterocycles. The number of carbonyl (C=O) groups is 2. The number of hydrogen-bond donors (Lipinski definition) is 1. The average molecular weight is 371 g/mol. The van der Waals surface area contributed by atoms with E-state index < -0.39 is 6.04 Å². The van der Waals surface area contributed by atoms with Crippen molar-refractivity contribution in [3.05, 3.63) is 23.9 Å². The highest BCUT2D eigenvalue weighted by Gasteiger charge is 2.31. The Morgan fingerprint density at radius 2 is 1.89 bits per heavy atom. The molecule has 2 amide bonds. The number of piperazine rings is 1. The quantitative estimate of drug-likeness (QED) is 0.823. The average Bonchev–Trinajstić information content (AvgIpc) is 2.65. The topological polar surface area (TPSA) is 89.3 Å². The lowest BCUT2D eigenvalue weighted by Gasteiger charge is -2.37. The molecule has 1 aliphatic heterocycles. The molecule has 2 heterocycles. The summed E-state index contributed by atoms with van der Waals surface area (Å²) in [7, 11) is 0. The molecule has 146 valence electrons. The second-order valence-corrected chi connectivity index (χ2v) is 7.71. The van der Waals surface area contributed by atoms with Gasteiger partial charge in [-0.05, 0) is 24.0 Å². The Hall–Kier alpha value is -2.62. The summed E-state index contributed by atoms with van der Waals surface area (Å²) in [5, 5.41) is 11.9. The summed E-state index contributed by atoms with van der Waals surface area (Å²) in [5.41, 5.74) is 0.575. The Morgan fingerprint density at radius 1 is 1.22 bits per heavy atom. The van der Waals surface area contributed by atoms with E-state index in [4.69, 9.17) is 5.26 Å². The molecular weight excluding hydrogens is 342 g/mol. The van der Waals surface area contributed by atoms with Crippen molar-refractivity contribution < 1.29 is 9.59 Å². The highest BCUT2D eigenvalue weighted by Crippen LogP contribution is 2.16. The van der Waals surface area contributed by atoms with E-state index >= 15 is 0 Å². The molecule has 27 heavy (non-hydrogen) atoms. The maximum Gasteiger partial charge on any atom is 0.245 e. The van der Waals surface area contributed by atoms with Crippen LogP contribution >= 0.6 is 0 Å². The van der Waals surface area contributed by atoms with Crippen molar-refractivity contribution in [3.8, 4) is 6.07 Å². The maximum absolute atomic E-state index is 12.9. The van der Waals surface area contributed by atoms with E-state index in [1.165, 1.54) is 0 Å². The summed E-state index contributed by atoms with van der Waals surface area (Å²) in [5.74, 6) is 0.939. The lowest BCUT2D eigenvalue weighted by atomic mass is 10.0. The van der Waals surface area contributed by atoms with Crippen LogP contribution in [0.25, 0.3) is 0 Å². The molecule has 1 fully saturated rings. The molecule has 0 aliphatic carbocycles. The van der Waals surface area contributed by atoms with Gasteiger partial charge in [-0.15, -0.1) is 0 Å². The second kappa shape index (κ2) is 9.36. The molecule has 0 spiro atoms. The number of nitrogens with one attached hydrogen (secondary N) is 1. The van der Waals surface area contributed by atoms with Crippen molar-refractivity contribution in [3.63, 3.8) is 0 Å². The number of hydrogen-bond acceptors (Lipinski definition) is 5. The van der Waals surface area contributed by atoms with E-state index in [2.05, 4.69) is 21.3 Å². The first-order valence-electron chi connectivity index (χ1n) is 9.51. The summed E-state index contributed by atoms with van der Waals surface area (Å²) in [6.07, 6.45) is 2.05. The predicted molar refractivity (Wildman–Crippen MR) is 104 cm³/mol. The number of nitrogens with zero attached hydrogens (tertiary/aromatic N) is 4. The fourth-order valence-electron chi connectivity index (χ4n) is 3.13. The molecular formula is C20H29N5O2. The van der Waals surface area contributed by atoms with E-state index in [1.54, 1.807) is 18.3 Å². The predicted octanol–water partition coefficient (Wildman–Crippen LogP) is 1.79. The number of amides is 2. The van der Waals surface area contributed by atoms with E-state index in [-0.39, 0.29) is 23.7 Å². The minimum atomic E-state index is -0.497. The van der Waals surface area contributed by atoms with E-state index in [0.717, 1.165) is 5.82 Å². The number of rotatable bonds is 6. The summed E-state index contributed by atoms with van der Waals surface area (Å²) in [4.78, 5) is 33.3. The van der Waals surface area contributed by atoms with Crippen molar-refractivity contribution in [2.45, 2.75) is 40.2 Å². The van der Waals surface area contributed by atoms with Crippen LogP contribution in [0.15, 0.2) is 18.3 Å². The minimum absolute atomic E-state index is 0.0273. The van der Waals surface area contributed by atoms with Gasteiger partial charge in [0.25, 0.3) is 0 Å². The summed E-state index contributed by atoms with van der Waals surface area (Å²) in [6.45, 7) is 10.3. The molecule has 0 aromatic carbocycles. The summed E-state index contributed by atoms with van der Waals surface area (Å²) >= 11 is 0. The van der Waals surface area contributed by atoms with Crippen LogP contribution in [0.2, 0.25) is 0 Å². The van der Waals surface area contributed by atoms with E-state index in [9.17, 15) is 9.59 Å². The van der Waals surface area contributed by atoms with Crippen LogP contribution in [-0.2, 0) is 9.59 Å². The van der Waals surface area contributed by atoms with Crippen molar-refractivity contribution in [1.82, 2.24) is 15.2 Å². The smallest absolute Gasteiger partial charge is 0.245 e. The van der Waals surface area contributed by atoms with Gasteiger partial charge in [0.15, 0.2) is 0 Å². The highest BCUT2D eigenvalue weighted by atomic mass is 16.2. The van der Waals surface area contributed by atoms with E-state index in [0.29, 0.717) is 38.2 Å². The van der Waals surface area contributed by atoms with Gasteiger partial charge in [-0.1, -0.05) is 27.7 Å². The zero-order valence-electron chi connectivity index (χ0n) is 16.6. The fourth-order valence-corrected chi connectivity index (χ4v) is 3.13. The van der Waals surface area contributed by atoms with Crippen molar-refractivity contribution >= 4 is 17.6 Å². The normalized spacial score (nSPS) is 15.6. The van der Waals surface area contributed by atoms with Crippen molar-refractivity contribution in [2.75, 3.05) is 31.1 Å². The SMILES string of the molecule is CC(C)CC(=O)NC(C(=O)N1CCN(c2cc(C#N)ccn2)CC1)C(C)C. The van der Waals surface area contributed by atoms with Crippen LogP contribution < -0.4 is 10.2 Å². The Balaban J connectivity index is 1.97. The maximum atomic E-state index is 12.9. The minimum Gasteiger partial charge on any atom is -0.353 e. The van der Waals surface area contributed by atoms with Crippen LogP contribution in [0, 0.1) is 23.2 Å². The molecule has 1 aromatic rings. The largest absolute Gasteiger partial charge is 0.353 e. The fraction of sp³-hybridized carbons (Fsp3) is 0.600. The summed E-state index contributed by atoms with van der Waals surface area (Å²) in [6, 6.07) is 5.06. The Labute approximate surface area is 161 Å². The Morgan fingerprint density at radius 3 is 2.44 bits per heavy atom. The van der Waals surface area contributed by atoms with Gasteiger partial charge in [-0.3, -0.25) is 9.59 Å². The van der Waals surface area contributed by atoms with Crippen LogP contribution in [0.4, 0.5) is 5.82 Å². The zero-order valence-corrected chi connectivity index (χ0v) is 16.6. The number of nitriles is 1. The number of pyridine rings is 1. The lowest BCUT2D eigenvalue weighted by molar-refractivity contribution is -0.138. The van der Waals surface area contributed by atoms with Gasteiger partial charge in [-0.25, -0.2) is 4.98 Å². The van der Waals surface area contributed by atoms with Gasteiger partial charge < -0.3 is 15.1 Å². The monoisotopic (exact) mass is 371 g/mol. The molecule has 7 heteroatoms. The lowest BCUT2D eigenvalue weighted by Crippen LogP contribution is -2.56. The third-order valence-electron chi connectivity index (χ3n) is 4.63. The van der Waals surface area contributed by atoms with Gasteiger partial charge in [0.2, 0.25) is 11.8 Å². The first-order chi connectivity index (χ1) is 12.8. The molecule has 1 aliphatic rings.